The Bertz CT molecular complexity index is 936. The lowest BCUT2D eigenvalue weighted by atomic mass is 10.1. The van der Waals surface area contributed by atoms with Crippen molar-refractivity contribution in [3.63, 3.8) is 0 Å². The van der Waals surface area contributed by atoms with Gasteiger partial charge in [0.2, 0.25) is 0 Å². The van der Waals surface area contributed by atoms with Crippen molar-refractivity contribution >= 4 is 16.8 Å². The Morgan fingerprint density at radius 1 is 0.257 bits per heavy atom. The maximum Gasteiger partial charge on any atom is 0.277 e. The number of allylic oxidation sites excluding steroid dienone is 6. The van der Waals surface area contributed by atoms with E-state index in [0.717, 1.165) is 56.8 Å². The van der Waals surface area contributed by atoms with Crippen LogP contribution in [0.2, 0.25) is 0 Å². The standard InChI is InChI=1S/3C18H37N.C8H21O3PS/c3*1-2-3-4-5-6-7-8-9-10-11-12-13-14-15-16-17-18-19;1-3-5-7-13(8-6-4-2)12(9,10)11/h3*9-10H,2-8,11-19H2,1H3;9-11H,3-8H2,1-2H3. The summed E-state index contributed by atoms with van der Waals surface area (Å²) < 4.78 is 0. The number of hydrogen-bond donors (Lipinski definition) is 6. The van der Waals surface area contributed by atoms with Gasteiger partial charge < -0.3 is 31.9 Å². The van der Waals surface area contributed by atoms with Crippen LogP contribution in [-0.2, 0) is 10.1 Å². The normalized spacial score (nSPS) is 11.7. The van der Waals surface area contributed by atoms with Crippen LogP contribution in [0.3, 0.4) is 0 Å². The van der Waals surface area contributed by atoms with Gasteiger partial charge in [-0.3, -0.25) is 0 Å². The summed E-state index contributed by atoms with van der Waals surface area (Å²) in [6.07, 6.45) is 75.7. The molecular weight excluding hydrogens is 898 g/mol. The molecule has 0 aromatic heterocycles. The van der Waals surface area contributed by atoms with E-state index in [4.69, 9.17) is 31.9 Å². The van der Waals surface area contributed by atoms with Crippen LogP contribution in [0.4, 0.5) is 0 Å². The van der Waals surface area contributed by atoms with E-state index < -0.39 is 16.8 Å². The highest BCUT2D eigenvalue weighted by atomic mass is 32.5. The molecule has 0 aliphatic heterocycles. The summed E-state index contributed by atoms with van der Waals surface area (Å²) in [7, 11) is -0.564. The summed E-state index contributed by atoms with van der Waals surface area (Å²) in [6.45, 7) is 9.99. The summed E-state index contributed by atoms with van der Waals surface area (Å²) in [5.74, 6) is 1.52. The van der Waals surface area contributed by atoms with Crippen molar-refractivity contribution in [2.45, 2.75) is 330 Å². The first-order valence-corrected chi connectivity index (χ1v) is 34.9. The minimum absolute atomic E-state index is 0.564. The van der Waals surface area contributed by atoms with Crippen molar-refractivity contribution in [3.8, 4) is 0 Å². The van der Waals surface area contributed by atoms with Crippen LogP contribution in [0.1, 0.15) is 330 Å². The van der Waals surface area contributed by atoms with Crippen molar-refractivity contribution in [1.29, 1.82) is 0 Å². The maximum absolute atomic E-state index is 9.17. The van der Waals surface area contributed by atoms with Gasteiger partial charge in [-0.25, -0.2) is 0 Å². The summed E-state index contributed by atoms with van der Waals surface area (Å²) in [5, 5.41) is 0. The molecule has 70 heavy (non-hydrogen) atoms. The minimum atomic E-state index is -3.56. The molecule has 0 rings (SSSR count). The van der Waals surface area contributed by atoms with Gasteiger partial charge in [-0.1, -0.05) is 257 Å². The topological polar surface area (TPSA) is 139 Å². The number of hydrogen-bond acceptors (Lipinski definition) is 3. The zero-order valence-corrected chi connectivity index (χ0v) is 50.2. The largest absolute Gasteiger partial charge is 0.330 e. The highest BCUT2D eigenvalue weighted by Crippen LogP contribution is 2.37. The predicted molar refractivity (Wildman–Crippen MR) is 326 cm³/mol. The molecule has 0 aliphatic carbocycles. The van der Waals surface area contributed by atoms with Crippen LogP contribution in [0.15, 0.2) is 36.5 Å². The van der Waals surface area contributed by atoms with E-state index in [-0.39, 0.29) is 0 Å². The van der Waals surface area contributed by atoms with Crippen molar-refractivity contribution in [1.82, 2.24) is 0 Å². The van der Waals surface area contributed by atoms with Crippen molar-refractivity contribution in [2.24, 2.45) is 17.2 Å². The third-order valence-corrected chi connectivity index (χ3v) is 18.3. The van der Waals surface area contributed by atoms with Gasteiger partial charge in [-0.2, -0.15) is 0 Å². The van der Waals surface area contributed by atoms with Crippen molar-refractivity contribution in [3.05, 3.63) is 36.5 Å². The first-order valence-electron chi connectivity index (χ1n) is 31.1. The first kappa shape index (κ1) is 76.3. The van der Waals surface area contributed by atoms with Crippen molar-refractivity contribution in [2.75, 3.05) is 31.1 Å². The van der Waals surface area contributed by atoms with E-state index in [1.807, 2.05) is 0 Å². The molecule has 0 amide bonds. The number of rotatable bonds is 51. The number of nitrogens with two attached hydrogens (primary N) is 3. The molecule has 0 heterocycles. The quantitative estimate of drug-likeness (QED) is 0.0204. The molecule has 0 spiro atoms. The highest BCUT2D eigenvalue weighted by molar-refractivity contribution is 8.27. The van der Waals surface area contributed by atoms with Gasteiger partial charge in [-0.15, -0.1) is 10.1 Å². The summed E-state index contributed by atoms with van der Waals surface area (Å²) in [4.78, 5) is 27.5. The van der Waals surface area contributed by atoms with Crippen LogP contribution in [0.5, 0.6) is 0 Å². The predicted octanol–water partition coefficient (Wildman–Crippen LogP) is 19.8. The Morgan fingerprint density at radius 3 is 0.600 bits per heavy atom. The van der Waals surface area contributed by atoms with Gasteiger partial charge >= 0.3 is 0 Å². The molecule has 0 atom stereocenters. The van der Waals surface area contributed by atoms with E-state index in [0.29, 0.717) is 0 Å². The molecule has 8 heteroatoms. The van der Waals surface area contributed by atoms with E-state index >= 15 is 0 Å². The van der Waals surface area contributed by atoms with Gasteiger partial charge in [0.25, 0.3) is 6.72 Å². The third kappa shape index (κ3) is 79.2. The third-order valence-electron chi connectivity index (χ3n) is 13.0. The molecule has 9 N–H and O–H groups in total. The molecule has 0 fully saturated rings. The molecular formula is C62H132N3O3PS. The molecule has 0 saturated heterocycles. The molecule has 0 aromatic carbocycles. The van der Waals surface area contributed by atoms with E-state index in [2.05, 4.69) is 71.1 Å². The Balaban J connectivity index is -0.000000419. The molecule has 424 valence electrons. The first-order chi connectivity index (χ1) is 34.3. The molecule has 0 saturated carbocycles. The van der Waals surface area contributed by atoms with Crippen LogP contribution in [0, 0.1) is 0 Å². The Labute approximate surface area is 444 Å². The van der Waals surface area contributed by atoms with Gasteiger partial charge in [0, 0.05) is 0 Å². The Hall–Kier alpha value is -0.240. The fourth-order valence-corrected chi connectivity index (χ4v) is 12.3. The monoisotopic (exact) mass is 1030 g/mol. The number of unbranched alkanes of at least 4 members (excludes halogenated alkanes) is 38. The fourth-order valence-electron chi connectivity index (χ4n) is 8.14. The second-order valence-electron chi connectivity index (χ2n) is 20.3. The molecule has 0 bridgehead atoms. The zero-order chi connectivity index (χ0) is 52.4. The van der Waals surface area contributed by atoms with E-state index in [1.54, 1.807) is 0 Å². The average Bonchev–Trinajstić information content (AvgIpc) is 3.35. The molecule has 0 radical (unpaired) electrons. The van der Waals surface area contributed by atoms with Gasteiger partial charge in [-0.05, 0) is 140 Å². The van der Waals surface area contributed by atoms with Crippen LogP contribution < -0.4 is 17.2 Å². The summed E-state index contributed by atoms with van der Waals surface area (Å²) in [5.41, 5.74) is 16.4. The molecule has 0 unspecified atom stereocenters. The van der Waals surface area contributed by atoms with Crippen LogP contribution >= 0.6 is 6.72 Å². The van der Waals surface area contributed by atoms with Gasteiger partial charge in [0.15, 0.2) is 0 Å². The Kier molecular flexibility index (Phi) is 79.5. The lowest BCUT2D eigenvalue weighted by Gasteiger charge is -2.14. The molecule has 0 aromatic rings. The zero-order valence-electron chi connectivity index (χ0n) is 48.5. The van der Waals surface area contributed by atoms with E-state index in [9.17, 15) is 0 Å². The lowest BCUT2D eigenvalue weighted by molar-refractivity contribution is 0.362. The Morgan fingerprint density at radius 2 is 0.429 bits per heavy atom. The highest BCUT2D eigenvalue weighted by Gasteiger charge is 2.11. The van der Waals surface area contributed by atoms with Gasteiger partial charge in [0.1, 0.15) is 0 Å². The molecule has 6 nitrogen and oxygen atoms in total. The van der Waals surface area contributed by atoms with Gasteiger partial charge in [0.05, 0.1) is 0 Å². The van der Waals surface area contributed by atoms with Crippen LogP contribution in [0.25, 0.3) is 0 Å². The average molecular weight is 1030 g/mol. The maximum atomic E-state index is 9.17. The lowest BCUT2D eigenvalue weighted by Crippen LogP contribution is -2.05. The van der Waals surface area contributed by atoms with Crippen molar-refractivity contribution < 1.29 is 14.7 Å². The SMILES string of the molecule is CCCCCCCCC=CCCCCCCCCN.CCCCCCCCC=CCCCCCCCCN.CCCCCCCCC=CCCCCCCCCN.CCCCS(CCCC)=P(O)(O)O. The second-order valence-corrected chi connectivity index (χ2v) is 26.1. The van der Waals surface area contributed by atoms with E-state index in [1.165, 1.54) is 270 Å². The second kappa shape index (κ2) is 73.0. The fraction of sp³-hybridized carbons (Fsp3) is 0.903. The summed E-state index contributed by atoms with van der Waals surface area (Å²) >= 11 is 0. The molecule has 0 aliphatic rings. The minimum Gasteiger partial charge on any atom is -0.330 e. The summed E-state index contributed by atoms with van der Waals surface area (Å²) in [6, 6.07) is 0. The smallest absolute Gasteiger partial charge is 0.277 e. The van der Waals surface area contributed by atoms with Crippen LogP contribution in [-0.4, -0.2) is 45.8 Å².